The molecule has 0 amide bonds. The van der Waals surface area contributed by atoms with Crippen molar-refractivity contribution in [2.24, 2.45) is 28.6 Å². The van der Waals surface area contributed by atoms with Crippen LogP contribution in [0.5, 0.6) is 0 Å². The molecule has 0 radical (unpaired) electrons. The van der Waals surface area contributed by atoms with Gasteiger partial charge in [-0.25, -0.2) is 0 Å². The van der Waals surface area contributed by atoms with Crippen molar-refractivity contribution in [3.05, 3.63) is 0 Å². The van der Waals surface area contributed by atoms with E-state index in [1.54, 1.807) is 0 Å². The molecule has 0 heterocycles. The molecular weight excluding hydrogens is 194 g/mol. The summed E-state index contributed by atoms with van der Waals surface area (Å²) in [5.41, 5.74) is 1.14. The standard InChI is InChI=1S/C15H29N/c1-10(2)12(16-6)13-14(3,4)11-7-8-15(13,5)9-11/h10-13,16H,7-9H2,1-6H3. The molecule has 0 aliphatic heterocycles. The predicted octanol–water partition coefficient (Wildman–Crippen LogP) is 3.69. The van der Waals surface area contributed by atoms with Crippen molar-refractivity contribution in [2.45, 2.75) is 59.9 Å². The van der Waals surface area contributed by atoms with Gasteiger partial charge in [0.2, 0.25) is 0 Å². The lowest BCUT2D eigenvalue weighted by molar-refractivity contribution is 0.0285. The highest BCUT2D eigenvalue weighted by molar-refractivity contribution is 5.11. The minimum Gasteiger partial charge on any atom is -0.316 e. The van der Waals surface area contributed by atoms with Crippen LogP contribution in [-0.2, 0) is 0 Å². The SMILES string of the molecule is CNC(C(C)C)C1C2(C)CCC(C2)C1(C)C. The molecule has 4 atom stereocenters. The second-order valence-corrected chi connectivity index (χ2v) is 7.45. The molecule has 0 spiro atoms. The Kier molecular flexibility index (Phi) is 2.89. The minimum atomic E-state index is 0.533. The fourth-order valence-electron chi connectivity index (χ4n) is 5.12. The maximum Gasteiger partial charge on any atom is 0.0126 e. The fourth-order valence-corrected chi connectivity index (χ4v) is 5.12. The number of rotatable bonds is 3. The molecule has 1 nitrogen and oxygen atoms in total. The number of hydrogen-bond donors (Lipinski definition) is 1. The van der Waals surface area contributed by atoms with Crippen molar-refractivity contribution in [3.63, 3.8) is 0 Å². The van der Waals surface area contributed by atoms with E-state index in [2.05, 4.69) is 47.0 Å². The first-order chi connectivity index (χ1) is 7.33. The first-order valence-electron chi connectivity index (χ1n) is 7.00. The van der Waals surface area contributed by atoms with Crippen LogP contribution in [0.3, 0.4) is 0 Å². The van der Waals surface area contributed by atoms with Gasteiger partial charge >= 0.3 is 0 Å². The normalized spacial score (nSPS) is 42.9. The van der Waals surface area contributed by atoms with Gasteiger partial charge in [0.1, 0.15) is 0 Å². The Morgan fingerprint density at radius 3 is 2.19 bits per heavy atom. The first kappa shape index (κ1) is 12.4. The van der Waals surface area contributed by atoms with Crippen LogP contribution in [0.25, 0.3) is 0 Å². The van der Waals surface area contributed by atoms with Crippen LogP contribution in [-0.4, -0.2) is 13.1 Å². The van der Waals surface area contributed by atoms with E-state index in [0.717, 1.165) is 17.8 Å². The first-order valence-corrected chi connectivity index (χ1v) is 7.00. The summed E-state index contributed by atoms with van der Waals surface area (Å²) in [6.07, 6.45) is 4.39. The van der Waals surface area contributed by atoms with Gasteiger partial charge in [-0.2, -0.15) is 0 Å². The second kappa shape index (κ2) is 3.73. The van der Waals surface area contributed by atoms with E-state index < -0.39 is 0 Å². The van der Waals surface area contributed by atoms with Crippen molar-refractivity contribution in [1.82, 2.24) is 5.32 Å². The zero-order chi connectivity index (χ0) is 12.1. The second-order valence-electron chi connectivity index (χ2n) is 7.45. The molecule has 0 aromatic rings. The van der Waals surface area contributed by atoms with E-state index in [-0.39, 0.29) is 0 Å². The highest BCUT2D eigenvalue weighted by atomic mass is 14.9. The molecule has 94 valence electrons. The van der Waals surface area contributed by atoms with Gasteiger partial charge < -0.3 is 5.32 Å². The summed E-state index contributed by atoms with van der Waals surface area (Å²) < 4.78 is 0. The lowest BCUT2D eigenvalue weighted by Gasteiger charge is -2.48. The summed E-state index contributed by atoms with van der Waals surface area (Å²) in [5.74, 6) is 2.56. The average Bonchev–Trinajstić information content (AvgIpc) is 2.63. The van der Waals surface area contributed by atoms with Gasteiger partial charge in [0.25, 0.3) is 0 Å². The zero-order valence-corrected chi connectivity index (χ0v) is 11.9. The molecular formula is C15H29N. The van der Waals surface area contributed by atoms with Gasteiger partial charge in [-0.15, -0.1) is 0 Å². The van der Waals surface area contributed by atoms with E-state index in [1.165, 1.54) is 19.3 Å². The zero-order valence-electron chi connectivity index (χ0n) is 11.9. The van der Waals surface area contributed by atoms with Crippen LogP contribution in [0.2, 0.25) is 0 Å². The van der Waals surface area contributed by atoms with Crippen molar-refractivity contribution in [2.75, 3.05) is 7.05 Å². The fraction of sp³-hybridized carbons (Fsp3) is 1.00. The molecule has 2 saturated carbocycles. The van der Waals surface area contributed by atoms with Crippen molar-refractivity contribution >= 4 is 0 Å². The molecule has 2 bridgehead atoms. The van der Waals surface area contributed by atoms with Crippen LogP contribution in [0.15, 0.2) is 0 Å². The minimum absolute atomic E-state index is 0.533. The number of fused-ring (bicyclic) bond motifs is 2. The van der Waals surface area contributed by atoms with E-state index in [4.69, 9.17) is 0 Å². The Bertz CT molecular complexity index is 264. The molecule has 2 rings (SSSR count). The van der Waals surface area contributed by atoms with Crippen LogP contribution in [0, 0.1) is 28.6 Å². The van der Waals surface area contributed by atoms with Crippen LogP contribution in [0.4, 0.5) is 0 Å². The van der Waals surface area contributed by atoms with Gasteiger partial charge in [0.15, 0.2) is 0 Å². The molecule has 0 aromatic carbocycles. The molecule has 0 saturated heterocycles. The number of hydrogen-bond acceptors (Lipinski definition) is 1. The summed E-state index contributed by atoms with van der Waals surface area (Å²) in [7, 11) is 2.15. The largest absolute Gasteiger partial charge is 0.316 e. The molecule has 0 aromatic heterocycles. The molecule has 1 N–H and O–H groups in total. The van der Waals surface area contributed by atoms with E-state index in [9.17, 15) is 0 Å². The third-order valence-electron chi connectivity index (χ3n) is 5.79. The van der Waals surface area contributed by atoms with Crippen LogP contribution in [0.1, 0.15) is 53.9 Å². The van der Waals surface area contributed by atoms with E-state index >= 15 is 0 Å². The Balaban J connectivity index is 2.31. The summed E-state index contributed by atoms with van der Waals surface area (Å²) in [4.78, 5) is 0. The molecule has 2 aliphatic rings. The van der Waals surface area contributed by atoms with Gasteiger partial charge in [0.05, 0.1) is 0 Å². The van der Waals surface area contributed by atoms with Gasteiger partial charge in [0, 0.05) is 6.04 Å². The highest BCUT2D eigenvalue weighted by Crippen LogP contribution is 2.67. The average molecular weight is 223 g/mol. The van der Waals surface area contributed by atoms with Crippen LogP contribution < -0.4 is 5.32 Å². The third-order valence-corrected chi connectivity index (χ3v) is 5.79. The summed E-state index contributed by atoms with van der Waals surface area (Å²) in [6.45, 7) is 12.3. The van der Waals surface area contributed by atoms with Crippen molar-refractivity contribution in [3.8, 4) is 0 Å². The maximum absolute atomic E-state index is 3.61. The molecule has 2 aliphatic carbocycles. The summed E-state index contributed by atoms with van der Waals surface area (Å²) in [5, 5.41) is 3.61. The molecule has 2 fully saturated rings. The Hall–Kier alpha value is -0.0400. The Morgan fingerprint density at radius 2 is 1.81 bits per heavy atom. The molecule has 16 heavy (non-hydrogen) atoms. The van der Waals surface area contributed by atoms with Crippen LogP contribution >= 0.6 is 0 Å². The van der Waals surface area contributed by atoms with Gasteiger partial charge in [-0.1, -0.05) is 34.6 Å². The topological polar surface area (TPSA) is 12.0 Å². The van der Waals surface area contributed by atoms with E-state index in [1.807, 2.05) is 0 Å². The van der Waals surface area contributed by atoms with Crippen molar-refractivity contribution < 1.29 is 0 Å². The lowest BCUT2D eigenvalue weighted by atomic mass is 9.59. The highest BCUT2D eigenvalue weighted by Gasteiger charge is 2.61. The lowest BCUT2D eigenvalue weighted by Crippen LogP contribution is -2.50. The Labute approximate surface area is 101 Å². The quantitative estimate of drug-likeness (QED) is 0.769. The van der Waals surface area contributed by atoms with Gasteiger partial charge in [-0.3, -0.25) is 0 Å². The number of nitrogens with one attached hydrogen (secondary N) is 1. The maximum atomic E-state index is 3.61. The predicted molar refractivity (Wildman–Crippen MR) is 70.4 cm³/mol. The monoisotopic (exact) mass is 223 g/mol. The van der Waals surface area contributed by atoms with E-state index in [0.29, 0.717) is 16.9 Å². The van der Waals surface area contributed by atoms with Gasteiger partial charge in [-0.05, 0) is 54.9 Å². The summed E-state index contributed by atoms with van der Waals surface area (Å²) >= 11 is 0. The Morgan fingerprint density at radius 1 is 1.19 bits per heavy atom. The molecule has 1 heteroatoms. The smallest absolute Gasteiger partial charge is 0.0126 e. The van der Waals surface area contributed by atoms with Crippen molar-refractivity contribution in [1.29, 1.82) is 0 Å². The third kappa shape index (κ3) is 1.54. The summed E-state index contributed by atoms with van der Waals surface area (Å²) in [6, 6.07) is 0.685. The molecule has 4 unspecified atom stereocenters.